The number of esters is 1. The molecule has 0 saturated carbocycles. The average Bonchev–Trinajstić information content (AvgIpc) is 3.20. The molecule has 1 N–H and O–H groups in total. The van der Waals surface area contributed by atoms with Gasteiger partial charge in [0.05, 0.1) is 7.11 Å². The van der Waals surface area contributed by atoms with Gasteiger partial charge in [0.15, 0.2) is 0 Å². The number of carbonyl (C=O) groups excluding carboxylic acids is 1. The van der Waals surface area contributed by atoms with Crippen LogP contribution in [0.3, 0.4) is 0 Å². The number of methoxy groups -OCH3 is 1. The van der Waals surface area contributed by atoms with Gasteiger partial charge < -0.3 is 10.1 Å². The summed E-state index contributed by atoms with van der Waals surface area (Å²) < 4.78 is 5.18. The van der Waals surface area contributed by atoms with E-state index < -0.39 is 0 Å². The van der Waals surface area contributed by atoms with Crippen LogP contribution in [0, 0.1) is 5.92 Å². The van der Waals surface area contributed by atoms with Crippen LogP contribution in [0.4, 0.5) is 0 Å². The Morgan fingerprint density at radius 3 is 2.48 bits per heavy atom. The van der Waals surface area contributed by atoms with Gasteiger partial charge in [-0.15, -0.1) is 0 Å². The molecule has 0 aromatic heterocycles. The lowest BCUT2D eigenvalue weighted by atomic mass is 9.94. The van der Waals surface area contributed by atoms with E-state index in [2.05, 4.69) is 71.7 Å². The molecule has 1 aliphatic rings. The molecular formula is C25H34N2O2. The summed E-state index contributed by atoms with van der Waals surface area (Å²) in [6.45, 7) is 5.12. The summed E-state index contributed by atoms with van der Waals surface area (Å²) in [5.41, 5.74) is 2.62. The Labute approximate surface area is 175 Å². The van der Waals surface area contributed by atoms with Crippen molar-refractivity contribution in [2.24, 2.45) is 5.92 Å². The SMILES string of the molecule is COC(=O)[C@@H]1[C@H](CCCNCCc2ccccc2)CCN1[C@@H](C)c1ccccc1. The highest BCUT2D eigenvalue weighted by Gasteiger charge is 2.41. The van der Waals surface area contributed by atoms with Gasteiger partial charge >= 0.3 is 5.97 Å². The van der Waals surface area contributed by atoms with Gasteiger partial charge in [-0.1, -0.05) is 60.7 Å². The summed E-state index contributed by atoms with van der Waals surface area (Å²) in [6.07, 6.45) is 4.25. The minimum atomic E-state index is -0.139. The van der Waals surface area contributed by atoms with Gasteiger partial charge in [0.1, 0.15) is 6.04 Å². The summed E-state index contributed by atoms with van der Waals surface area (Å²) in [4.78, 5) is 14.9. The lowest BCUT2D eigenvalue weighted by Gasteiger charge is -2.31. The maximum Gasteiger partial charge on any atom is 0.323 e. The fourth-order valence-corrected chi connectivity index (χ4v) is 4.48. The van der Waals surface area contributed by atoms with Crippen LogP contribution >= 0.6 is 0 Å². The Kier molecular flexibility index (Phi) is 8.26. The molecule has 3 rings (SSSR count). The average molecular weight is 395 g/mol. The van der Waals surface area contributed by atoms with Crippen LogP contribution in [0.1, 0.15) is 43.4 Å². The third-order valence-corrected chi connectivity index (χ3v) is 6.15. The predicted molar refractivity (Wildman–Crippen MR) is 118 cm³/mol. The molecule has 1 fully saturated rings. The molecule has 4 nitrogen and oxygen atoms in total. The molecule has 2 aromatic carbocycles. The fourth-order valence-electron chi connectivity index (χ4n) is 4.48. The number of nitrogens with one attached hydrogen (secondary N) is 1. The van der Waals surface area contributed by atoms with Crippen molar-refractivity contribution < 1.29 is 9.53 Å². The number of hydrogen-bond donors (Lipinski definition) is 1. The normalized spacial score (nSPS) is 20.5. The van der Waals surface area contributed by atoms with E-state index >= 15 is 0 Å². The first-order chi connectivity index (χ1) is 14.2. The van der Waals surface area contributed by atoms with Crippen LogP contribution in [0.25, 0.3) is 0 Å². The highest BCUT2D eigenvalue weighted by molar-refractivity contribution is 5.76. The first kappa shape index (κ1) is 21.5. The predicted octanol–water partition coefficient (Wildman–Crippen LogP) is 4.22. The van der Waals surface area contributed by atoms with Gasteiger partial charge in [-0.25, -0.2) is 0 Å². The van der Waals surface area contributed by atoms with E-state index in [0.29, 0.717) is 5.92 Å². The molecule has 2 aromatic rings. The van der Waals surface area contributed by atoms with Crippen LogP contribution in [0.2, 0.25) is 0 Å². The van der Waals surface area contributed by atoms with Crippen LogP contribution in [0.15, 0.2) is 60.7 Å². The molecule has 1 saturated heterocycles. The van der Waals surface area contributed by atoms with E-state index in [4.69, 9.17) is 4.74 Å². The number of rotatable bonds is 10. The van der Waals surface area contributed by atoms with E-state index in [1.54, 1.807) is 0 Å². The van der Waals surface area contributed by atoms with Crippen molar-refractivity contribution in [2.45, 2.75) is 44.7 Å². The van der Waals surface area contributed by atoms with Crippen molar-refractivity contribution >= 4 is 5.97 Å². The first-order valence-electron chi connectivity index (χ1n) is 10.8. The van der Waals surface area contributed by atoms with Gasteiger partial charge in [0, 0.05) is 6.04 Å². The molecule has 1 aliphatic heterocycles. The Morgan fingerprint density at radius 2 is 1.79 bits per heavy atom. The van der Waals surface area contributed by atoms with Crippen LogP contribution in [-0.2, 0) is 16.0 Å². The molecule has 0 radical (unpaired) electrons. The smallest absolute Gasteiger partial charge is 0.323 e. The van der Waals surface area contributed by atoms with Crippen LogP contribution < -0.4 is 5.32 Å². The zero-order valence-electron chi connectivity index (χ0n) is 17.7. The molecule has 1 heterocycles. The zero-order chi connectivity index (χ0) is 20.5. The number of ether oxygens (including phenoxy) is 1. The maximum absolute atomic E-state index is 12.6. The molecular weight excluding hydrogens is 360 g/mol. The summed E-state index contributed by atoms with van der Waals surface area (Å²) in [5, 5.41) is 3.55. The quantitative estimate of drug-likeness (QED) is 0.484. The fraction of sp³-hybridized carbons (Fsp3) is 0.480. The molecule has 3 atom stereocenters. The summed E-state index contributed by atoms with van der Waals surface area (Å²) in [5.74, 6) is 0.275. The van der Waals surface area contributed by atoms with Gasteiger partial charge in [-0.3, -0.25) is 9.69 Å². The molecule has 0 spiro atoms. The van der Waals surface area contributed by atoms with E-state index in [-0.39, 0.29) is 18.1 Å². The van der Waals surface area contributed by atoms with E-state index in [1.165, 1.54) is 18.2 Å². The van der Waals surface area contributed by atoms with Crippen molar-refractivity contribution in [3.05, 3.63) is 71.8 Å². The summed E-state index contributed by atoms with van der Waals surface area (Å²) >= 11 is 0. The molecule has 0 bridgehead atoms. The molecule has 0 unspecified atom stereocenters. The minimum absolute atomic E-state index is 0.0904. The van der Waals surface area contributed by atoms with Crippen molar-refractivity contribution in [1.29, 1.82) is 0 Å². The van der Waals surface area contributed by atoms with Crippen molar-refractivity contribution in [3.8, 4) is 0 Å². The summed E-state index contributed by atoms with van der Waals surface area (Å²) in [6, 6.07) is 21.1. The molecule has 156 valence electrons. The van der Waals surface area contributed by atoms with E-state index in [9.17, 15) is 4.79 Å². The maximum atomic E-state index is 12.6. The molecule has 0 aliphatic carbocycles. The Morgan fingerprint density at radius 1 is 1.10 bits per heavy atom. The van der Waals surface area contributed by atoms with Crippen molar-refractivity contribution in [2.75, 3.05) is 26.7 Å². The zero-order valence-corrected chi connectivity index (χ0v) is 17.7. The largest absolute Gasteiger partial charge is 0.468 e. The van der Waals surface area contributed by atoms with Gasteiger partial charge in [-0.2, -0.15) is 0 Å². The molecule has 29 heavy (non-hydrogen) atoms. The van der Waals surface area contributed by atoms with Crippen molar-refractivity contribution in [1.82, 2.24) is 10.2 Å². The lowest BCUT2D eigenvalue weighted by Crippen LogP contribution is -2.42. The second-order valence-electron chi connectivity index (χ2n) is 7.97. The topological polar surface area (TPSA) is 41.6 Å². The monoisotopic (exact) mass is 394 g/mol. The third kappa shape index (κ3) is 5.91. The van der Waals surface area contributed by atoms with E-state index in [1.807, 2.05) is 6.07 Å². The summed E-state index contributed by atoms with van der Waals surface area (Å²) in [7, 11) is 1.51. The van der Waals surface area contributed by atoms with Gasteiger partial charge in [0.25, 0.3) is 0 Å². The Balaban J connectivity index is 1.47. The van der Waals surface area contributed by atoms with Crippen LogP contribution in [-0.4, -0.2) is 43.7 Å². The van der Waals surface area contributed by atoms with Gasteiger partial charge in [-0.05, 0) is 69.3 Å². The number of carbonyl (C=O) groups is 1. The second-order valence-corrected chi connectivity index (χ2v) is 7.97. The van der Waals surface area contributed by atoms with Gasteiger partial charge in [0.2, 0.25) is 0 Å². The number of benzene rings is 2. The minimum Gasteiger partial charge on any atom is -0.468 e. The Hall–Kier alpha value is -2.17. The lowest BCUT2D eigenvalue weighted by molar-refractivity contribution is -0.148. The number of hydrogen-bond acceptors (Lipinski definition) is 4. The standard InChI is InChI=1S/C25H34N2O2/c1-20(22-12-7-4-8-13-22)27-19-16-23(24(27)25(28)29-2)14-9-17-26-18-15-21-10-5-3-6-11-21/h3-8,10-13,20,23-24,26H,9,14-19H2,1-2H3/t20-,23+,24-/m0/s1. The number of likely N-dealkylation sites (tertiary alicyclic amines) is 1. The van der Waals surface area contributed by atoms with E-state index in [0.717, 1.165) is 45.3 Å². The molecule has 0 amide bonds. The van der Waals surface area contributed by atoms with Crippen molar-refractivity contribution in [3.63, 3.8) is 0 Å². The second kappa shape index (κ2) is 11.1. The third-order valence-electron chi connectivity index (χ3n) is 6.15. The van der Waals surface area contributed by atoms with Crippen LogP contribution in [0.5, 0.6) is 0 Å². The highest BCUT2D eigenvalue weighted by Crippen LogP contribution is 2.35. The first-order valence-corrected chi connectivity index (χ1v) is 10.8. The molecule has 4 heteroatoms. The number of nitrogens with zero attached hydrogens (tertiary/aromatic N) is 1. The highest BCUT2D eigenvalue weighted by atomic mass is 16.5. The Bertz CT molecular complexity index is 735.